The van der Waals surface area contributed by atoms with E-state index in [1.54, 1.807) is 49.1 Å². The molecular weight excluding hydrogens is 388 g/mol. The summed E-state index contributed by atoms with van der Waals surface area (Å²) in [7, 11) is 0. The number of anilines is 1. The van der Waals surface area contributed by atoms with Gasteiger partial charge in [0.1, 0.15) is 6.04 Å². The number of furan rings is 1. The molecule has 1 atom stereocenters. The van der Waals surface area contributed by atoms with Gasteiger partial charge < -0.3 is 19.4 Å². The molecule has 2 heterocycles. The molecule has 1 fully saturated rings. The highest BCUT2D eigenvalue weighted by Gasteiger charge is 2.28. The summed E-state index contributed by atoms with van der Waals surface area (Å²) < 4.78 is 10.2. The number of nitrogens with one attached hydrogen (secondary N) is 1. The molecule has 3 rings (SSSR count). The van der Waals surface area contributed by atoms with Crippen molar-refractivity contribution >= 4 is 29.3 Å². The van der Waals surface area contributed by atoms with Crippen LogP contribution in [0.3, 0.4) is 0 Å². The number of hydrogen-bond donors (Lipinski definition) is 1. The van der Waals surface area contributed by atoms with E-state index in [2.05, 4.69) is 5.32 Å². The molecule has 158 valence electrons. The first-order valence-corrected chi connectivity index (χ1v) is 9.81. The summed E-state index contributed by atoms with van der Waals surface area (Å²) in [5.74, 6) is -1.70. The lowest BCUT2D eigenvalue weighted by atomic mass is 10.0. The van der Waals surface area contributed by atoms with Gasteiger partial charge in [0.2, 0.25) is 5.91 Å². The Bertz CT molecular complexity index is 918. The summed E-state index contributed by atoms with van der Waals surface area (Å²) >= 11 is 0. The number of nitrogens with zero attached hydrogens (tertiary/aromatic N) is 1. The van der Waals surface area contributed by atoms with Crippen LogP contribution in [0.5, 0.6) is 0 Å². The Labute approximate surface area is 174 Å². The average molecular weight is 412 g/mol. The standard InChI is InChI=1S/C22H24N2O6/c1-14(2)20(23-21(27)18-5-4-12-29-18)22(28)30-13-17(25)15-7-9-16(10-8-15)24-11-3-6-19(24)26/h4-5,7-10,12,14,20H,3,6,11,13H2,1-2H3,(H,23,27)/t20-/m0/s1. The summed E-state index contributed by atoms with van der Waals surface area (Å²) in [6.45, 7) is 3.74. The smallest absolute Gasteiger partial charge is 0.329 e. The predicted molar refractivity (Wildman–Crippen MR) is 108 cm³/mol. The maximum atomic E-state index is 12.4. The molecule has 1 N–H and O–H groups in total. The highest BCUT2D eigenvalue weighted by Crippen LogP contribution is 2.21. The van der Waals surface area contributed by atoms with Crippen molar-refractivity contribution in [2.45, 2.75) is 32.7 Å². The van der Waals surface area contributed by atoms with Crippen molar-refractivity contribution in [1.29, 1.82) is 0 Å². The Kier molecular flexibility index (Phi) is 6.66. The fourth-order valence-corrected chi connectivity index (χ4v) is 3.18. The Morgan fingerprint density at radius 2 is 1.90 bits per heavy atom. The van der Waals surface area contributed by atoms with Gasteiger partial charge in [-0.3, -0.25) is 14.4 Å². The fourth-order valence-electron chi connectivity index (χ4n) is 3.18. The van der Waals surface area contributed by atoms with Gasteiger partial charge in [0, 0.05) is 24.2 Å². The van der Waals surface area contributed by atoms with Crippen LogP contribution < -0.4 is 10.2 Å². The number of ketones is 1. The van der Waals surface area contributed by atoms with Crippen LogP contribution in [0, 0.1) is 5.92 Å². The second kappa shape index (κ2) is 9.39. The molecule has 2 amide bonds. The molecule has 0 aliphatic carbocycles. The van der Waals surface area contributed by atoms with E-state index >= 15 is 0 Å². The summed E-state index contributed by atoms with van der Waals surface area (Å²) in [6, 6.07) is 8.77. The van der Waals surface area contributed by atoms with Crippen LogP contribution in [-0.2, 0) is 14.3 Å². The zero-order chi connectivity index (χ0) is 21.7. The monoisotopic (exact) mass is 412 g/mol. The molecule has 0 spiro atoms. The lowest BCUT2D eigenvalue weighted by molar-refractivity contribution is -0.146. The van der Waals surface area contributed by atoms with Gasteiger partial charge in [0.05, 0.1) is 6.26 Å². The minimum Gasteiger partial charge on any atom is -0.459 e. The maximum Gasteiger partial charge on any atom is 0.329 e. The van der Waals surface area contributed by atoms with Gasteiger partial charge in [-0.15, -0.1) is 0 Å². The fraction of sp³-hybridized carbons (Fsp3) is 0.364. The van der Waals surface area contributed by atoms with Crippen molar-refractivity contribution in [3.05, 3.63) is 54.0 Å². The van der Waals surface area contributed by atoms with Gasteiger partial charge in [-0.25, -0.2) is 4.79 Å². The van der Waals surface area contributed by atoms with Crippen molar-refractivity contribution in [2.75, 3.05) is 18.1 Å². The zero-order valence-electron chi connectivity index (χ0n) is 16.9. The van der Waals surface area contributed by atoms with Crippen LogP contribution in [0.4, 0.5) is 5.69 Å². The molecule has 8 nitrogen and oxygen atoms in total. The first-order chi connectivity index (χ1) is 14.4. The number of esters is 1. The van der Waals surface area contributed by atoms with Crippen LogP contribution in [-0.4, -0.2) is 42.8 Å². The molecule has 1 aromatic carbocycles. The van der Waals surface area contributed by atoms with Crippen LogP contribution in [0.25, 0.3) is 0 Å². The number of Topliss-reactive ketones (excluding diaryl/α,β-unsaturated/α-hetero) is 1. The minimum atomic E-state index is -0.918. The largest absolute Gasteiger partial charge is 0.459 e. The number of carbonyl (C=O) groups excluding carboxylic acids is 4. The van der Waals surface area contributed by atoms with E-state index in [4.69, 9.17) is 9.15 Å². The van der Waals surface area contributed by atoms with Gasteiger partial charge in [0.25, 0.3) is 5.91 Å². The molecular formula is C22H24N2O6. The van der Waals surface area contributed by atoms with E-state index in [0.717, 1.165) is 12.1 Å². The normalized spacial score (nSPS) is 14.6. The van der Waals surface area contributed by atoms with Gasteiger partial charge in [0.15, 0.2) is 18.2 Å². The number of hydrogen-bond acceptors (Lipinski definition) is 6. The van der Waals surface area contributed by atoms with Crippen LogP contribution in [0.1, 0.15) is 47.6 Å². The third-order valence-corrected chi connectivity index (χ3v) is 4.87. The van der Waals surface area contributed by atoms with Crippen LogP contribution >= 0.6 is 0 Å². The molecule has 1 aromatic heterocycles. The molecule has 8 heteroatoms. The third kappa shape index (κ3) is 4.94. The second-order valence-corrected chi connectivity index (χ2v) is 7.40. The molecule has 2 aromatic rings. The number of carbonyl (C=O) groups is 4. The lowest BCUT2D eigenvalue weighted by Crippen LogP contribution is -2.45. The first-order valence-electron chi connectivity index (χ1n) is 9.81. The van der Waals surface area contributed by atoms with Crippen molar-refractivity contribution < 1.29 is 28.3 Å². The number of ether oxygens (including phenoxy) is 1. The molecule has 0 radical (unpaired) electrons. The Balaban J connectivity index is 1.56. The topological polar surface area (TPSA) is 106 Å². The Morgan fingerprint density at radius 3 is 2.47 bits per heavy atom. The summed E-state index contributed by atoms with van der Waals surface area (Å²) in [5.41, 5.74) is 1.12. The van der Waals surface area contributed by atoms with E-state index in [1.165, 1.54) is 12.3 Å². The maximum absolute atomic E-state index is 12.4. The lowest BCUT2D eigenvalue weighted by Gasteiger charge is -2.20. The Morgan fingerprint density at radius 1 is 1.17 bits per heavy atom. The highest BCUT2D eigenvalue weighted by atomic mass is 16.5. The van der Waals surface area contributed by atoms with Crippen molar-refractivity contribution in [3.63, 3.8) is 0 Å². The number of benzene rings is 1. The van der Waals surface area contributed by atoms with Gasteiger partial charge in [-0.2, -0.15) is 0 Å². The SMILES string of the molecule is CC(C)[C@H](NC(=O)c1ccco1)C(=O)OCC(=O)c1ccc(N2CCCC2=O)cc1. The van der Waals surface area contributed by atoms with E-state index in [0.29, 0.717) is 18.5 Å². The van der Waals surface area contributed by atoms with E-state index < -0.39 is 24.5 Å². The molecule has 0 unspecified atom stereocenters. The quantitative estimate of drug-likeness (QED) is 0.528. The van der Waals surface area contributed by atoms with Gasteiger partial charge in [-0.1, -0.05) is 13.8 Å². The summed E-state index contributed by atoms with van der Waals surface area (Å²) in [6.07, 6.45) is 2.72. The first kappa shape index (κ1) is 21.3. The molecule has 1 saturated heterocycles. The average Bonchev–Trinajstić information content (AvgIpc) is 3.41. The van der Waals surface area contributed by atoms with E-state index in [9.17, 15) is 19.2 Å². The van der Waals surface area contributed by atoms with Crippen molar-refractivity contribution in [2.24, 2.45) is 5.92 Å². The van der Waals surface area contributed by atoms with Crippen molar-refractivity contribution in [3.8, 4) is 0 Å². The summed E-state index contributed by atoms with van der Waals surface area (Å²) in [5, 5.41) is 2.57. The Hall–Kier alpha value is -3.42. The van der Waals surface area contributed by atoms with E-state index in [1.807, 2.05) is 0 Å². The molecule has 0 bridgehead atoms. The number of rotatable bonds is 8. The molecule has 0 saturated carbocycles. The minimum absolute atomic E-state index is 0.0688. The van der Waals surface area contributed by atoms with Crippen molar-refractivity contribution in [1.82, 2.24) is 5.32 Å². The van der Waals surface area contributed by atoms with Crippen LogP contribution in [0.15, 0.2) is 47.1 Å². The van der Waals surface area contributed by atoms with Gasteiger partial charge in [-0.05, 0) is 48.7 Å². The van der Waals surface area contributed by atoms with Crippen LogP contribution in [0.2, 0.25) is 0 Å². The molecule has 30 heavy (non-hydrogen) atoms. The molecule has 1 aliphatic rings. The predicted octanol–water partition coefficient (Wildman–Crippen LogP) is 2.59. The van der Waals surface area contributed by atoms with Gasteiger partial charge >= 0.3 is 5.97 Å². The highest BCUT2D eigenvalue weighted by molar-refractivity contribution is 6.00. The third-order valence-electron chi connectivity index (χ3n) is 4.87. The second-order valence-electron chi connectivity index (χ2n) is 7.40. The molecule has 1 aliphatic heterocycles. The summed E-state index contributed by atoms with van der Waals surface area (Å²) in [4.78, 5) is 50.4. The van der Waals surface area contributed by atoms with E-state index in [-0.39, 0.29) is 23.4 Å². The number of amides is 2. The zero-order valence-corrected chi connectivity index (χ0v) is 16.9.